The molecule has 332 valence electrons. The first-order valence-electron chi connectivity index (χ1n) is 24.4. The number of allylic oxidation sites excluding steroid dienone is 7. The van der Waals surface area contributed by atoms with E-state index in [1.165, 1.54) is 122 Å². The summed E-state index contributed by atoms with van der Waals surface area (Å²) in [5, 5.41) is 22.9. The number of carbonyl (C=O) groups is 2. The molecule has 1 amide bonds. The van der Waals surface area contributed by atoms with E-state index in [0.717, 1.165) is 89.9 Å². The van der Waals surface area contributed by atoms with Crippen molar-refractivity contribution in [2.24, 2.45) is 0 Å². The maximum Gasteiger partial charge on any atom is 0.305 e. The number of aliphatic hydroxyl groups excluding tert-OH is 2. The lowest BCUT2D eigenvalue weighted by Gasteiger charge is -2.20. The summed E-state index contributed by atoms with van der Waals surface area (Å²) in [6.07, 6.45) is 56.8. The maximum atomic E-state index is 12.4. The fourth-order valence-corrected chi connectivity index (χ4v) is 7.01. The number of ether oxygens (including phenoxy) is 1. The van der Waals surface area contributed by atoms with Gasteiger partial charge in [-0.1, -0.05) is 184 Å². The molecule has 0 aromatic rings. The molecule has 3 N–H and O–H groups in total. The molecule has 0 radical (unpaired) electrons. The van der Waals surface area contributed by atoms with E-state index in [9.17, 15) is 19.8 Å². The summed E-state index contributed by atoms with van der Waals surface area (Å²) in [6, 6.07) is -0.649. The van der Waals surface area contributed by atoms with Gasteiger partial charge in [0, 0.05) is 12.8 Å². The highest BCUT2D eigenvalue weighted by molar-refractivity contribution is 5.76. The van der Waals surface area contributed by atoms with Crippen LogP contribution in [0.3, 0.4) is 0 Å². The van der Waals surface area contributed by atoms with E-state index < -0.39 is 12.1 Å². The van der Waals surface area contributed by atoms with Crippen LogP contribution in [0.5, 0.6) is 0 Å². The molecule has 0 saturated heterocycles. The van der Waals surface area contributed by atoms with Crippen molar-refractivity contribution in [3.8, 4) is 0 Å². The van der Waals surface area contributed by atoms with Gasteiger partial charge in [0.25, 0.3) is 0 Å². The van der Waals surface area contributed by atoms with Gasteiger partial charge in [0.2, 0.25) is 5.91 Å². The summed E-state index contributed by atoms with van der Waals surface area (Å²) in [5.41, 5.74) is 0. The van der Waals surface area contributed by atoms with Crippen LogP contribution in [0.15, 0.2) is 48.6 Å². The molecule has 6 heteroatoms. The van der Waals surface area contributed by atoms with Crippen LogP contribution in [0.2, 0.25) is 0 Å². The van der Waals surface area contributed by atoms with E-state index in [1.807, 2.05) is 6.08 Å². The van der Waals surface area contributed by atoms with E-state index >= 15 is 0 Å². The quantitative estimate of drug-likeness (QED) is 0.0324. The molecule has 0 rings (SSSR count). The second-order valence-corrected chi connectivity index (χ2v) is 16.4. The van der Waals surface area contributed by atoms with Crippen LogP contribution in [0.4, 0.5) is 0 Å². The predicted octanol–water partition coefficient (Wildman–Crippen LogP) is 14.3. The van der Waals surface area contributed by atoms with Gasteiger partial charge < -0.3 is 20.3 Å². The Kier molecular flexibility index (Phi) is 44.7. The van der Waals surface area contributed by atoms with Crippen LogP contribution in [-0.2, 0) is 14.3 Å². The highest BCUT2D eigenvalue weighted by Gasteiger charge is 2.18. The van der Waals surface area contributed by atoms with Crippen LogP contribution in [0.25, 0.3) is 0 Å². The number of rotatable bonds is 44. The molecular formula is C51H93NO5. The summed E-state index contributed by atoms with van der Waals surface area (Å²) < 4.78 is 5.43. The smallest absolute Gasteiger partial charge is 0.305 e. The Morgan fingerprint density at radius 2 is 0.877 bits per heavy atom. The van der Waals surface area contributed by atoms with E-state index in [-0.39, 0.29) is 18.5 Å². The summed E-state index contributed by atoms with van der Waals surface area (Å²) >= 11 is 0. The first kappa shape index (κ1) is 54.8. The van der Waals surface area contributed by atoms with Gasteiger partial charge in [0.1, 0.15) is 0 Å². The number of nitrogens with one attached hydrogen (secondary N) is 1. The van der Waals surface area contributed by atoms with Crippen molar-refractivity contribution in [1.82, 2.24) is 5.32 Å². The van der Waals surface area contributed by atoms with Crippen LogP contribution >= 0.6 is 0 Å². The molecule has 2 atom stereocenters. The fourth-order valence-electron chi connectivity index (χ4n) is 7.01. The second-order valence-electron chi connectivity index (χ2n) is 16.4. The van der Waals surface area contributed by atoms with Gasteiger partial charge in [-0.05, 0) is 89.9 Å². The van der Waals surface area contributed by atoms with Crippen LogP contribution in [0, 0.1) is 0 Å². The lowest BCUT2D eigenvalue weighted by atomic mass is 10.1. The third-order valence-electron chi connectivity index (χ3n) is 10.8. The largest absolute Gasteiger partial charge is 0.466 e. The van der Waals surface area contributed by atoms with Gasteiger partial charge in [-0.25, -0.2) is 0 Å². The average molecular weight is 800 g/mol. The van der Waals surface area contributed by atoms with Crippen LogP contribution < -0.4 is 5.32 Å². The van der Waals surface area contributed by atoms with Crippen molar-refractivity contribution in [2.45, 2.75) is 251 Å². The topological polar surface area (TPSA) is 95.9 Å². The second kappa shape index (κ2) is 46.5. The normalized spacial score (nSPS) is 13.1. The Balaban J connectivity index is 3.55. The van der Waals surface area contributed by atoms with E-state index in [4.69, 9.17) is 4.74 Å². The van der Waals surface area contributed by atoms with Gasteiger partial charge in [-0.2, -0.15) is 0 Å². The monoisotopic (exact) mass is 800 g/mol. The van der Waals surface area contributed by atoms with Gasteiger partial charge in [0.05, 0.1) is 25.4 Å². The number of esters is 1. The molecule has 0 fully saturated rings. The minimum absolute atomic E-state index is 0.0418. The van der Waals surface area contributed by atoms with Crippen molar-refractivity contribution < 1.29 is 24.5 Å². The molecule has 0 bridgehead atoms. The Hall–Kier alpha value is -2.18. The molecule has 0 aliphatic heterocycles. The third kappa shape index (κ3) is 43.2. The average Bonchev–Trinajstić information content (AvgIpc) is 3.21. The van der Waals surface area contributed by atoms with Gasteiger partial charge in [-0.3, -0.25) is 9.59 Å². The number of hydrogen-bond acceptors (Lipinski definition) is 5. The van der Waals surface area contributed by atoms with Crippen molar-refractivity contribution in [1.29, 1.82) is 0 Å². The fraction of sp³-hybridized carbons (Fsp3) is 0.804. The molecule has 0 heterocycles. The van der Waals surface area contributed by atoms with Crippen LogP contribution in [0.1, 0.15) is 239 Å². The van der Waals surface area contributed by atoms with E-state index in [2.05, 4.69) is 55.6 Å². The lowest BCUT2D eigenvalue weighted by molar-refractivity contribution is -0.143. The van der Waals surface area contributed by atoms with Crippen molar-refractivity contribution in [3.05, 3.63) is 48.6 Å². The first-order valence-corrected chi connectivity index (χ1v) is 24.4. The van der Waals surface area contributed by atoms with E-state index in [0.29, 0.717) is 19.4 Å². The maximum absolute atomic E-state index is 12.4. The van der Waals surface area contributed by atoms with Crippen molar-refractivity contribution in [3.63, 3.8) is 0 Å². The molecule has 0 aromatic carbocycles. The molecule has 57 heavy (non-hydrogen) atoms. The molecule has 6 nitrogen and oxygen atoms in total. The molecule has 0 spiro atoms. The highest BCUT2D eigenvalue weighted by atomic mass is 16.5. The SMILES string of the molecule is CCCCCC/C=C\C/C=C\CCCCCCCCCC(=O)OCCCC/C=C\CCCCCCCC(=O)NC(CO)C(O)/C=C/CCCCCCCCCCC. The Morgan fingerprint density at radius 1 is 0.491 bits per heavy atom. The van der Waals surface area contributed by atoms with Crippen LogP contribution in [-0.4, -0.2) is 47.4 Å². The molecule has 0 aliphatic carbocycles. The highest BCUT2D eigenvalue weighted by Crippen LogP contribution is 2.13. The minimum Gasteiger partial charge on any atom is -0.466 e. The number of carbonyl (C=O) groups excluding carboxylic acids is 2. The zero-order valence-corrected chi connectivity index (χ0v) is 37.6. The summed E-state index contributed by atoms with van der Waals surface area (Å²) in [7, 11) is 0. The zero-order chi connectivity index (χ0) is 41.5. The zero-order valence-electron chi connectivity index (χ0n) is 37.6. The Bertz CT molecular complexity index is 973. The Morgan fingerprint density at radius 3 is 1.37 bits per heavy atom. The number of amides is 1. The predicted molar refractivity (Wildman–Crippen MR) is 245 cm³/mol. The lowest BCUT2D eigenvalue weighted by Crippen LogP contribution is -2.45. The minimum atomic E-state index is -0.862. The van der Waals surface area contributed by atoms with Gasteiger partial charge in [0.15, 0.2) is 0 Å². The third-order valence-corrected chi connectivity index (χ3v) is 10.8. The summed E-state index contributed by atoms with van der Waals surface area (Å²) in [5.74, 6) is -0.143. The molecule has 0 aromatic heterocycles. The molecular weight excluding hydrogens is 707 g/mol. The molecule has 0 aliphatic rings. The summed E-state index contributed by atoms with van der Waals surface area (Å²) in [4.78, 5) is 24.4. The number of hydrogen-bond donors (Lipinski definition) is 3. The Labute approximate surface area is 353 Å². The standard InChI is InChI=1S/C51H93NO5/c1-3-5-7-9-11-13-15-16-17-18-19-20-21-25-29-33-37-41-45-51(56)57-46-42-38-34-30-26-22-24-28-32-36-40-44-50(55)52-48(47-53)49(54)43-39-35-31-27-23-14-12-10-8-6-4-2/h13,15,17-18,26,30,39,43,48-49,53-54H,3-12,14,16,19-25,27-29,31-38,40-42,44-47H2,1-2H3,(H,52,55)/b15-13-,18-17-,30-26-,43-39+. The molecule has 2 unspecified atom stereocenters. The van der Waals surface area contributed by atoms with E-state index in [1.54, 1.807) is 6.08 Å². The summed E-state index contributed by atoms with van der Waals surface area (Å²) in [6.45, 7) is 4.77. The number of aliphatic hydroxyl groups is 2. The number of unbranched alkanes of at least 4 members (excludes halogenated alkanes) is 27. The first-order chi connectivity index (χ1) is 28.0. The van der Waals surface area contributed by atoms with Crippen molar-refractivity contribution in [2.75, 3.05) is 13.2 Å². The van der Waals surface area contributed by atoms with Gasteiger partial charge >= 0.3 is 5.97 Å². The van der Waals surface area contributed by atoms with Gasteiger partial charge in [-0.15, -0.1) is 0 Å². The van der Waals surface area contributed by atoms with Crippen molar-refractivity contribution >= 4 is 11.9 Å². The molecule has 0 saturated carbocycles.